The number of carbonyl (C=O) groups excluding carboxylic acids is 1. The lowest BCUT2D eigenvalue weighted by Crippen LogP contribution is -2.23. The molecule has 23 heavy (non-hydrogen) atoms. The van der Waals surface area contributed by atoms with Crippen molar-refractivity contribution in [3.05, 3.63) is 71.8 Å². The van der Waals surface area contributed by atoms with Gasteiger partial charge in [0.25, 0.3) is 0 Å². The number of Topliss-reactive ketones (excluding diaryl/α,β-unsaturated/α-hetero) is 1. The van der Waals surface area contributed by atoms with Crippen LogP contribution in [0.25, 0.3) is 10.8 Å². The third-order valence-electron chi connectivity index (χ3n) is 4.44. The number of anilines is 1. The SMILES string of the molecule is COc1ccccc1[C@H]1CC(=O)c2c(ccc3ccccc23)N1. The Morgan fingerprint density at radius 2 is 1.78 bits per heavy atom. The highest BCUT2D eigenvalue weighted by Crippen LogP contribution is 2.39. The maximum absolute atomic E-state index is 12.8. The van der Waals surface area contributed by atoms with Crippen LogP contribution in [0.3, 0.4) is 0 Å². The lowest BCUT2D eigenvalue weighted by atomic mass is 9.89. The first-order chi connectivity index (χ1) is 11.3. The van der Waals surface area contributed by atoms with Gasteiger partial charge >= 0.3 is 0 Å². The summed E-state index contributed by atoms with van der Waals surface area (Å²) in [7, 11) is 1.66. The van der Waals surface area contributed by atoms with Crippen LogP contribution < -0.4 is 10.1 Å². The molecule has 0 aliphatic carbocycles. The van der Waals surface area contributed by atoms with E-state index in [1.54, 1.807) is 7.11 Å². The Labute approximate surface area is 134 Å². The van der Waals surface area contributed by atoms with Gasteiger partial charge in [-0.2, -0.15) is 0 Å². The molecule has 1 N–H and O–H groups in total. The van der Waals surface area contributed by atoms with Crippen molar-refractivity contribution in [2.45, 2.75) is 12.5 Å². The van der Waals surface area contributed by atoms with Crippen molar-refractivity contribution in [3.63, 3.8) is 0 Å². The highest BCUT2D eigenvalue weighted by Gasteiger charge is 2.28. The molecule has 1 atom stereocenters. The summed E-state index contributed by atoms with van der Waals surface area (Å²) in [5.41, 5.74) is 2.72. The summed E-state index contributed by atoms with van der Waals surface area (Å²) in [5.74, 6) is 0.980. The van der Waals surface area contributed by atoms with Gasteiger partial charge in [0.15, 0.2) is 5.78 Å². The second-order valence-corrected chi connectivity index (χ2v) is 5.78. The van der Waals surface area contributed by atoms with Crippen LogP contribution in [0.5, 0.6) is 5.75 Å². The summed E-state index contributed by atoms with van der Waals surface area (Å²) in [6, 6.07) is 19.9. The molecular weight excluding hydrogens is 286 g/mol. The highest BCUT2D eigenvalue weighted by molar-refractivity contribution is 6.14. The average molecular weight is 303 g/mol. The predicted octanol–water partition coefficient (Wildman–Crippen LogP) is 4.59. The summed E-state index contributed by atoms with van der Waals surface area (Å²) < 4.78 is 5.44. The Kier molecular flexibility index (Phi) is 3.27. The summed E-state index contributed by atoms with van der Waals surface area (Å²) in [5, 5.41) is 5.62. The Bertz CT molecular complexity index is 901. The zero-order chi connectivity index (χ0) is 15.8. The number of nitrogens with one attached hydrogen (secondary N) is 1. The Balaban J connectivity index is 1.81. The number of hydrogen-bond donors (Lipinski definition) is 1. The fourth-order valence-corrected chi connectivity index (χ4v) is 3.36. The molecule has 0 bridgehead atoms. The number of hydrogen-bond acceptors (Lipinski definition) is 3. The normalized spacial score (nSPS) is 16.7. The highest BCUT2D eigenvalue weighted by atomic mass is 16.5. The van der Waals surface area contributed by atoms with E-state index in [-0.39, 0.29) is 11.8 Å². The van der Waals surface area contributed by atoms with Crippen molar-refractivity contribution in [2.24, 2.45) is 0 Å². The standard InChI is InChI=1S/C20H17NO2/c1-23-19-9-5-4-8-15(19)17-12-18(22)20-14-7-3-2-6-13(14)10-11-16(20)21-17/h2-11,17,21H,12H2,1H3/t17-/m1/s1. The van der Waals surface area contributed by atoms with E-state index in [9.17, 15) is 4.79 Å². The molecule has 3 heteroatoms. The van der Waals surface area contributed by atoms with Gasteiger partial charge in [-0.3, -0.25) is 4.79 Å². The van der Waals surface area contributed by atoms with E-state index in [0.717, 1.165) is 33.3 Å². The van der Waals surface area contributed by atoms with Crippen molar-refractivity contribution in [3.8, 4) is 5.75 Å². The van der Waals surface area contributed by atoms with Crippen molar-refractivity contribution in [2.75, 3.05) is 12.4 Å². The minimum absolute atomic E-state index is 0.0627. The number of methoxy groups -OCH3 is 1. The fourth-order valence-electron chi connectivity index (χ4n) is 3.36. The zero-order valence-electron chi connectivity index (χ0n) is 12.9. The molecule has 3 aromatic rings. The first-order valence-electron chi connectivity index (χ1n) is 7.72. The van der Waals surface area contributed by atoms with Crippen molar-refractivity contribution in [1.82, 2.24) is 0 Å². The van der Waals surface area contributed by atoms with Gasteiger partial charge in [-0.1, -0.05) is 48.5 Å². The van der Waals surface area contributed by atoms with Gasteiger partial charge in [-0.15, -0.1) is 0 Å². The molecule has 0 radical (unpaired) electrons. The topological polar surface area (TPSA) is 38.3 Å². The van der Waals surface area contributed by atoms with Gasteiger partial charge in [-0.05, 0) is 22.9 Å². The summed E-state index contributed by atoms with van der Waals surface area (Å²) in [4.78, 5) is 12.8. The number of ketones is 1. The molecule has 0 saturated carbocycles. The van der Waals surface area contributed by atoms with Gasteiger partial charge in [0.2, 0.25) is 0 Å². The van der Waals surface area contributed by atoms with E-state index >= 15 is 0 Å². The van der Waals surface area contributed by atoms with E-state index in [1.165, 1.54) is 0 Å². The van der Waals surface area contributed by atoms with E-state index in [4.69, 9.17) is 4.74 Å². The number of ether oxygens (including phenoxy) is 1. The van der Waals surface area contributed by atoms with Crippen LogP contribution >= 0.6 is 0 Å². The third-order valence-corrected chi connectivity index (χ3v) is 4.44. The second-order valence-electron chi connectivity index (χ2n) is 5.78. The largest absolute Gasteiger partial charge is 0.496 e. The third kappa shape index (κ3) is 2.25. The van der Waals surface area contributed by atoms with Crippen LogP contribution in [0.1, 0.15) is 28.4 Å². The number of para-hydroxylation sites is 1. The molecule has 0 fully saturated rings. The van der Waals surface area contributed by atoms with E-state index < -0.39 is 0 Å². The van der Waals surface area contributed by atoms with Gasteiger partial charge in [-0.25, -0.2) is 0 Å². The molecule has 0 saturated heterocycles. The lowest BCUT2D eigenvalue weighted by Gasteiger charge is -2.28. The molecule has 3 aromatic carbocycles. The monoisotopic (exact) mass is 303 g/mol. The van der Waals surface area contributed by atoms with E-state index in [1.807, 2.05) is 54.6 Å². The Hall–Kier alpha value is -2.81. The average Bonchev–Trinajstić information content (AvgIpc) is 2.61. The molecule has 114 valence electrons. The second kappa shape index (κ2) is 5.43. The first-order valence-corrected chi connectivity index (χ1v) is 7.72. The van der Waals surface area contributed by atoms with Crippen molar-refractivity contribution >= 4 is 22.2 Å². The van der Waals surface area contributed by atoms with Gasteiger partial charge in [0, 0.05) is 23.2 Å². The molecule has 0 aromatic heterocycles. The van der Waals surface area contributed by atoms with Crippen molar-refractivity contribution < 1.29 is 9.53 Å². The number of rotatable bonds is 2. The van der Waals surface area contributed by atoms with Crippen LogP contribution in [0.15, 0.2) is 60.7 Å². The quantitative estimate of drug-likeness (QED) is 0.752. The van der Waals surface area contributed by atoms with Crippen LogP contribution in [0, 0.1) is 0 Å². The Morgan fingerprint density at radius 3 is 2.65 bits per heavy atom. The smallest absolute Gasteiger partial charge is 0.167 e. The molecule has 1 aliphatic heterocycles. The van der Waals surface area contributed by atoms with Crippen LogP contribution in [-0.2, 0) is 0 Å². The lowest BCUT2D eigenvalue weighted by molar-refractivity contribution is 0.0973. The van der Waals surface area contributed by atoms with Crippen LogP contribution in [0.2, 0.25) is 0 Å². The van der Waals surface area contributed by atoms with Crippen LogP contribution in [0.4, 0.5) is 5.69 Å². The molecule has 1 heterocycles. The van der Waals surface area contributed by atoms with Crippen LogP contribution in [-0.4, -0.2) is 12.9 Å². The molecule has 0 unspecified atom stereocenters. The van der Waals surface area contributed by atoms with Gasteiger partial charge in [0.05, 0.1) is 13.2 Å². The predicted molar refractivity (Wildman–Crippen MR) is 92.3 cm³/mol. The summed E-state index contributed by atoms with van der Waals surface area (Å²) in [6.07, 6.45) is 0.432. The molecule has 0 spiro atoms. The zero-order valence-corrected chi connectivity index (χ0v) is 12.9. The van der Waals surface area contributed by atoms with Gasteiger partial charge < -0.3 is 10.1 Å². The Morgan fingerprint density at radius 1 is 1.00 bits per heavy atom. The minimum atomic E-state index is -0.0627. The molecule has 0 amide bonds. The number of benzene rings is 3. The maximum Gasteiger partial charge on any atom is 0.167 e. The first kappa shape index (κ1) is 13.8. The molecule has 3 nitrogen and oxygen atoms in total. The number of fused-ring (bicyclic) bond motifs is 3. The summed E-state index contributed by atoms with van der Waals surface area (Å²) in [6.45, 7) is 0. The van der Waals surface area contributed by atoms with E-state index in [2.05, 4.69) is 11.4 Å². The minimum Gasteiger partial charge on any atom is -0.496 e. The molecule has 1 aliphatic rings. The van der Waals surface area contributed by atoms with E-state index in [0.29, 0.717) is 6.42 Å². The maximum atomic E-state index is 12.8. The molecular formula is C20H17NO2. The number of carbonyl (C=O) groups is 1. The summed E-state index contributed by atoms with van der Waals surface area (Å²) >= 11 is 0. The van der Waals surface area contributed by atoms with Crippen molar-refractivity contribution in [1.29, 1.82) is 0 Å². The fraction of sp³-hybridized carbons (Fsp3) is 0.150. The molecule has 4 rings (SSSR count). The van der Waals surface area contributed by atoms with Gasteiger partial charge in [0.1, 0.15) is 5.75 Å².